The Morgan fingerprint density at radius 2 is 2.21 bits per heavy atom. The van der Waals surface area contributed by atoms with Crippen molar-refractivity contribution in [3.63, 3.8) is 0 Å². The molecule has 0 aromatic carbocycles. The van der Waals surface area contributed by atoms with Crippen LogP contribution in [0, 0.1) is 3.83 Å². The Labute approximate surface area is 94.3 Å². The van der Waals surface area contributed by atoms with E-state index >= 15 is 0 Å². The lowest BCUT2D eigenvalue weighted by Gasteiger charge is -2.03. The molecule has 68 valence electrons. The number of imidazole rings is 1. The molecule has 0 radical (unpaired) electrons. The molecule has 0 unspecified atom stereocenters. The summed E-state index contributed by atoms with van der Waals surface area (Å²) in [5.41, 5.74) is 3.26. The van der Waals surface area contributed by atoms with Crippen LogP contribution in [0.15, 0.2) is 36.8 Å². The number of halogens is 1. The molecule has 0 bridgehead atoms. The van der Waals surface area contributed by atoms with E-state index in [9.17, 15) is 0 Å². The normalized spacial score (nSPS) is 14.2. The number of rotatable bonds is 1. The molecule has 0 aliphatic heterocycles. The van der Waals surface area contributed by atoms with E-state index in [4.69, 9.17) is 0 Å². The van der Waals surface area contributed by atoms with Gasteiger partial charge >= 0.3 is 0 Å². The molecule has 14 heavy (non-hydrogen) atoms. The number of hydrogen-bond acceptors (Lipinski definition) is 2. The van der Waals surface area contributed by atoms with Gasteiger partial charge in [-0.05, 0) is 0 Å². The van der Waals surface area contributed by atoms with Crippen molar-refractivity contribution in [1.82, 2.24) is 14.4 Å². The van der Waals surface area contributed by atoms with E-state index in [-0.39, 0.29) is 0 Å². The Morgan fingerprint density at radius 3 is 2.93 bits per heavy atom. The van der Waals surface area contributed by atoms with E-state index in [1.54, 1.807) is 6.20 Å². The van der Waals surface area contributed by atoms with Gasteiger partial charge in [-0.1, -0.05) is 18.2 Å². The summed E-state index contributed by atoms with van der Waals surface area (Å²) in [6.45, 7) is 0. The largest absolute Gasteiger partial charge is 0.291 e. The van der Waals surface area contributed by atoms with Gasteiger partial charge in [0.05, 0.1) is 17.4 Å². The Balaban J connectivity index is 2.34. The summed E-state index contributed by atoms with van der Waals surface area (Å²) in [4.78, 5) is 8.61. The third-order valence-corrected chi connectivity index (χ3v) is 2.99. The molecular weight excluding hydrogens is 289 g/mol. The predicted molar refractivity (Wildman–Crippen MR) is 62.8 cm³/mol. The molecule has 0 atom stereocenters. The lowest BCUT2D eigenvalue weighted by Crippen LogP contribution is -1.89. The summed E-state index contributed by atoms with van der Waals surface area (Å²) < 4.78 is 3.01. The first-order valence-corrected chi connectivity index (χ1v) is 5.30. The molecule has 0 saturated carbocycles. The van der Waals surface area contributed by atoms with Crippen molar-refractivity contribution < 1.29 is 0 Å². The van der Waals surface area contributed by atoms with Gasteiger partial charge in [0.1, 0.15) is 0 Å². The fourth-order valence-electron chi connectivity index (χ4n) is 1.46. The average Bonchev–Trinajstić information content (AvgIpc) is 2.43. The molecule has 0 N–H and O–H groups in total. The monoisotopic (exact) mass is 295 g/mol. The number of hydrogen-bond donors (Lipinski definition) is 0. The van der Waals surface area contributed by atoms with Crippen molar-refractivity contribution in [2.45, 2.75) is 0 Å². The van der Waals surface area contributed by atoms with Gasteiger partial charge in [-0.2, -0.15) is 0 Å². The van der Waals surface area contributed by atoms with Gasteiger partial charge in [-0.3, -0.25) is 9.38 Å². The quantitative estimate of drug-likeness (QED) is 0.756. The summed E-state index contributed by atoms with van der Waals surface area (Å²) in [6.07, 6.45) is 11.7. The average molecular weight is 295 g/mol. The van der Waals surface area contributed by atoms with E-state index in [1.165, 1.54) is 5.57 Å². The number of nitrogens with zero attached hydrogens (tertiary/aromatic N) is 3. The third kappa shape index (κ3) is 1.03. The third-order valence-electron chi connectivity index (χ3n) is 2.23. The van der Waals surface area contributed by atoms with Gasteiger partial charge in [-0.25, -0.2) is 4.98 Å². The summed E-state index contributed by atoms with van der Waals surface area (Å²) in [5, 5.41) is 0. The first-order chi connectivity index (χ1) is 6.86. The molecular formula is C10H6IN3. The Bertz CT molecular complexity index is 566. The van der Waals surface area contributed by atoms with Gasteiger partial charge in [0.2, 0.25) is 0 Å². The van der Waals surface area contributed by atoms with Crippen LogP contribution in [0.25, 0.3) is 11.1 Å². The highest BCUT2D eigenvalue weighted by Gasteiger charge is 2.12. The first kappa shape index (κ1) is 8.16. The van der Waals surface area contributed by atoms with Crippen LogP contribution in [-0.4, -0.2) is 14.4 Å². The molecule has 0 saturated heterocycles. The second kappa shape index (κ2) is 2.91. The zero-order valence-corrected chi connectivity index (χ0v) is 9.34. The molecule has 3 nitrogen and oxygen atoms in total. The molecule has 4 heteroatoms. The number of aromatic nitrogens is 3. The van der Waals surface area contributed by atoms with Crippen molar-refractivity contribution in [3.05, 3.63) is 46.3 Å². The van der Waals surface area contributed by atoms with Crippen molar-refractivity contribution >= 4 is 33.7 Å². The second-order valence-corrected chi connectivity index (χ2v) is 4.01. The van der Waals surface area contributed by atoms with E-state index in [2.05, 4.69) is 44.7 Å². The maximum absolute atomic E-state index is 4.50. The van der Waals surface area contributed by atoms with Crippen LogP contribution in [0.2, 0.25) is 0 Å². The van der Waals surface area contributed by atoms with E-state index in [0.717, 1.165) is 15.0 Å². The topological polar surface area (TPSA) is 30.2 Å². The van der Waals surface area contributed by atoms with Crippen LogP contribution in [-0.2, 0) is 0 Å². The molecule has 1 aliphatic carbocycles. The van der Waals surface area contributed by atoms with E-state index < -0.39 is 0 Å². The molecule has 0 fully saturated rings. The summed E-state index contributed by atoms with van der Waals surface area (Å²) in [6, 6.07) is 0. The van der Waals surface area contributed by atoms with Crippen LogP contribution in [0.4, 0.5) is 0 Å². The van der Waals surface area contributed by atoms with Crippen LogP contribution < -0.4 is 0 Å². The van der Waals surface area contributed by atoms with Crippen molar-refractivity contribution in [2.75, 3.05) is 0 Å². The van der Waals surface area contributed by atoms with Crippen LogP contribution >= 0.6 is 22.6 Å². The highest BCUT2D eigenvalue weighted by molar-refractivity contribution is 14.1. The smallest absolute Gasteiger partial charge is 0.176 e. The van der Waals surface area contributed by atoms with Crippen LogP contribution in [0.1, 0.15) is 5.69 Å². The predicted octanol–water partition coefficient (Wildman–Crippen LogP) is 2.29. The van der Waals surface area contributed by atoms with Gasteiger partial charge in [-0.15, -0.1) is 0 Å². The summed E-state index contributed by atoms with van der Waals surface area (Å²) in [7, 11) is 0. The van der Waals surface area contributed by atoms with Crippen LogP contribution in [0.5, 0.6) is 0 Å². The first-order valence-electron chi connectivity index (χ1n) is 4.22. The van der Waals surface area contributed by atoms with Gasteiger partial charge < -0.3 is 0 Å². The fourth-order valence-corrected chi connectivity index (χ4v) is 2.13. The SMILES string of the molecule is Ic1nc(C2=CC=C2)c2cnccn12. The minimum Gasteiger partial charge on any atom is -0.291 e. The second-order valence-electron chi connectivity index (χ2n) is 3.04. The van der Waals surface area contributed by atoms with Gasteiger partial charge in [0, 0.05) is 40.6 Å². The minimum atomic E-state index is 0.969. The lowest BCUT2D eigenvalue weighted by atomic mass is 10.1. The molecule has 0 spiro atoms. The molecule has 3 rings (SSSR count). The highest BCUT2D eigenvalue weighted by Crippen LogP contribution is 2.25. The molecule has 0 amide bonds. The lowest BCUT2D eigenvalue weighted by molar-refractivity contribution is 1.07. The maximum Gasteiger partial charge on any atom is 0.176 e. The Morgan fingerprint density at radius 1 is 1.36 bits per heavy atom. The molecule has 1 aliphatic rings. The maximum atomic E-state index is 4.50. The molecule has 2 aromatic heterocycles. The zero-order chi connectivity index (χ0) is 9.54. The standard InChI is InChI=1S/C10H6IN3/c11-10-13-9(7-2-1-3-7)8-6-12-4-5-14(8)10/h1-6H. The molecule has 2 heterocycles. The Hall–Kier alpha value is -1.17. The Kier molecular flexibility index (Phi) is 1.70. The van der Waals surface area contributed by atoms with Crippen molar-refractivity contribution in [3.8, 4) is 0 Å². The summed E-state index contributed by atoms with van der Waals surface area (Å²) >= 11 is 2.23. The highest BCUT2D eigenvalue weighted by atomic mass is 127. The fraction of sp³-hybridized carbons (Fsp3) is 0. The molecule has 2 aromatic rings. The van der Waals surface area contributed by atoms with E-state index in [0.29, 0.717) is 0 Å². The summed E-state index contributed by atoms with van der Waals surface area (Å²) in [5.74, 6) is 0. The zero-order valence-electron chi connectivity index (χ0n) is 7.18. The van der Waals surface area contributed by atoms with Crippen molar-refractivity contribution in [1.29, 1.82) is 0 Å². The number of allylic oxidation sites excluding steroid dienone is 4. The minimum absolute atomic E-state index is 0.969. The van der Waals surface area contributed by atoms with Gasteiger partial charge in [0.25, 0.3) is 0 Å². The van der Waals surface area contributed by atoms with Gasteiger partial charge in [0.15, 0.2) is 3.83 Å². The van der Waals surface area contributed by atoms with Crippen LogP contribution in [0.3, 0.4) is 0 Å². The van der Waals surface area contributed by atoms with Crippen molar-refractivity contribution in [2.24, 2.45) is 0 Å². The van der Waals surface area contributed by atoms with E-state index in [1.807, 2.05) is 22.9 Å². The number of fused-ring (bicyclic) bond motifs is 1.